The Morgan fingerprint density at radius 1 is 0.879 bits per heavy atom. The van der Waals surface area contributed by atoms with Crippen LogP contribution in [0.1, 0.15) is 5.56 Å². The summed E-state index contributed by atoms with van der Waals surface area (Å²) in [5, 5.41) is 20.0. The summed E-state index contributed by atoms with van der Waals surface area (Å²) in [6.45, 7) is 0. The monoisotopic (exact) mass is 440 g/mol. The second-order valence-electron chi connectivity index (χ2n) is 7.12. The summed E-state index contributed by atoms with van der Waals surface area (Å²) in [4.78, 5) is 21.5. The van der Waals surface area contributed by atoms with Crippen LogP contribution < -0.4 is 9.47 Å². The number of non-ortho nitro benzene ring substituents is 1. The van der Waals surface area contributed by atoms with Gasteiger partial charge in [0.05, 0.1) is 17.4 Å². The third-order valence-electron chi connectivity index (χ3n) is 4.70. The SMILES string of the molecule is O=C(O)Cc1cccc(Oc2[c]cccc2-c2cccc(Oc3cccc([N+](=O)[O-])c3)c2)c1. The Balaban J connectivity index is 1.60. The van der Waals surface area contributed by atoms with E-state index in [1.165, 1.54) is 12.1 Å². The third-order valence-corrected chi connectivity index (χ3v) is 4.70. The number of carbonyl (C=O) groups is 1. The van der Waals surface area contributed by atoms with Gasteiger partial charge in [0.25, 0.3) is 5.69 Å². The van der Waals surface area contributed by atoms with Crippen molar-refractivity contribution in [2.45, 2.75) is 6.42 Å². The third kappa shape index (κ3) is 5.54. The average molecular weight is 440 g/mol. The van der Waals surface area contributed by atoms with Gasteiger partial charge in [-0.25, -0.2) is 0 Å². The maximum atomic E-state index is 11.0. The first-order chi connectivity index (χ1) is 16.0. The van der Waals surface area contributed by atoms with Crippen molar-refractivity contribution in [3.63, 3.8) is 0 Å². The summed E-state index contributed by atoms with van der Waals surface area (Å²) in [7, 11) is 0. The standard InChI is InChI=1S/C26H18NO6/c28-26(29)15-18-6-3-9-21(14-18)33-25-13-2-1-12-24(25)19-7-4-10-22(16-19)32-23-11-5-8-20(17-23)27(30)31/h1-12,14,16-17H,15H2,(H,28,29). The Bertz CT molecular complexity index is 1320. The van der Waals surface area contributed by atoms with Crippen LogP contribution in [0.4, 0.5) is 5.69 Å². The van der Waals surface area contributed by atoms with E-state index in [0.717, 1.165) is 11.1 Å². The van der Waals surface area contributed by atoms with Gasteiger partial charge in [0.2, 0.25) is 0 Å². The van der Waals surface area contributed by atoms with Gasteiger partial charge in [-0.15, -0.1) is 0 Å². The van der Waals surface area contributed by atoms with Crippen molar-refractivity contribution in [1.82, 2.24) is 0 Å². The molecule has 7 nitrogen and oxygen atoms in total. The maximum absolute atomic E-state index is 11.0. The largest absolute Gasteiger partial charge is 0.481 e. The molecule has 0 aromatic heterocycles. The Morgan fingerprint density at radius 2 is 1.58 bits per heavy atom. The fourth-order valence-electron chi connectivity index (χ4n) is 3.27. The van der Waals surface area contributed by atoms with Crippen molar-refractivity contribution in [3.8, 4) is 34.1 Å². The van der Waals surface area contributed by atoms with Crippen LogP contribution in [0.2, 0.25) is 0 Å². The molecular weight excluding hydrogens is 422 g/mol. The van der Waals surface area contributed by atoms with Crippen LogP contribution in [0.25, 0.3) is 11.1 Å². The fraction of sp³-hybridized carbons (Fsp3) is 0.0385. The number of carboxylic acids is 1. The number of nitro groups is 1. The Hall–Kier alpha value is -4.65. The molecule has 0 aliphatic heterocycles. The molecule has 0 unspecified atom stereocenters. The van der Waals surface area contributed by atoms with Gasteiger partial charge >= 0.3 is 5.97 Å². The van der Waals surface area contributed by atoms with E-state index >= 15 is 0 Å². The van der Waals surface area contributed by atoms with Gasteiger partial charge in [-0.05, 0) is 41.5 Å². The van der Waals surface area contributed by atoms with Crippen molar-refractivity contribution in [2.24, 2.45) is 0 Å². The molecule has 1 N–H and O–H groups in total. The molecule has 0 saturated carbocycles. The van der Waals surface area contributed by atoms with Crippen molar-refractivity contribution in [1.29, 1.82) is 0 Å². The first-order valence-corrected chi connectivity index (χ1v) is 10.00. The minimum Gasteiger partial charge on any atom is -0.481 e. The molecule has 4 aromatic carbocycles. The summed E-state index contributed by atoms with van der Waals surface area (Å²) in [6.07, 6.45) is -0.0976. The van der Waals surface area contributed by atoms with Gasteiger partial charge in [0.15, 0.2) is 0 Å². The molecule has 163 valence electrons. The van der Waals surface area contributed by atoms with Gasteiger partial charge in [-0.1, -0.05) is 48.5 Å². The number of aliphatic carboxylic acids is 1. The number of hydrogen-bond acceptors (Lipinski definition) is 5. The Morgan fingerprint density at radius 3 is 2.33 bits per heavy atom. The van der Waals surface area contributed by atoms with E-state index in [0.29, 0.717) is 28.6 Å². The topological polar surface area (TPSA) is 98.9 Å². The number of carboxylic acid groups (broad SMARTS) is 1. The van der Waals surface area contributed by atoms with Crippen molar-refractivity contribution in [3.05, 3.63) is 113 Å². The number of hydrogen-bond donors (Lipinski definition) is 1. The molecule has 0 atom stereocenters. The van der Waals surface area contributed by atoms with Crippen LogP contribution in [0, 0.1) is 16.2 Å². The number of ether oxygens (including phenoxy) is 2. The van der Waals surface area contributed by atoms with Gasteiger partial charge in [0.1, 0.15) is 23.0 Å². The van der Waals surface area contributed by atoms with Crippen LogP contribution in [0.3, 0.4) is 0 Å². The second kappa shape index (κ2) is 9.65. The predicted molar refractivity (Wildman–Crippen MR) is 122 cm³/mol. The van der Waals surface area contributed by atoms with E-state index in [-0.39, 0.29) is 12.1 Å². The van der Waals surface area contributed by atoms with E-state index in [1.54, 1.807) is 54.6 Å². The smallest absolute Gasteiger partial charge is 0.307 e. The molecule has 0 spiro atoms. The molecule has 33 heavy (non-hydrogen) atoms. The van der Waals surface area contributed by atoms with Gasteiger partial charge in [0, 0.05) is 17.7 Å². The summed E-state index contributed by atoms with van der Waals surface area (Å²) in [6, 6.07) is 28.6. The van der Waals surface area contributed by atoms with Gasteiger partial charge < -0.3 is 14.6 Å². The molecule has 0 bridgehead atoms. The predicted octanol–water partition coefficient (Wildman–Crippen LogP) is 6.27. The molecule has 0 fully saturated rings. The molecular formula is C26H18NO6. The highest BCUT2D eigenvalue weighted by Crippen LogP contribution is 2.35. The van der Waals surface area contributed by atoms with Crippen molar-refractivity contribution < 1.29 is 24.3 Å². The van der Waals surface area contributed by atoms with Crippen molar-refractivity contribution >= 4 is 11.7 Å². The molecule has 0 aliphatic carbocycles. The fourth-order valence-corrected chi connectivity index (χ4v) is 3.27. The lowest BCUT2D eigenvalue weighted by Gasteiger charge is -2.13. The Kier molecular flexibility index (Phi) is 6.31. The average Bonchev–Trinajstić information content (AvgIpc) is 2.80. The molecule has 1 radical (unpaired) electrons. The first kappa shape index (κ1) is 21.6. The van der Waals surface area contributed by atoms with Crippen LogP contribution in [-0.2, 0) is 11.2 Å². The van der Waals surface area contributed by atoms with Crippen LogP contribution >= 0.6 is 0 Å². The quantitative estimate of drug-likeness (QED) is 0.256. The van der Waals surface area contributed by atoms with E-state index < -0.39 is 10.9 Å². The van der Waals surface area contributed by atoms with Gasteiger partial charge in [-0.3, -0.25) is 14.9 Å². The van der Waals surface area contributed by atoms with Gasteiger partial charge in [-0.2, -0.15) is 0 Å². The van der Waals surface area contributed by atoms with E-state index in [9.17, 15) is 14.9 Å². The van der Waals surface area contributed by atoms with Crippen molar-refractivity contribution in [2.75, 3.05) is 0 Å². The lowest BCUT2D eigenvalue weighted by Crippen LogP contribution is -2.00. The summed E-state index contributed by atoms with van der Waals surface area (Å²) in [5.41, 5.74) is 2.13. The number of benzene rings is 4. The zero-order valence-electron chi connectivity index (χ0n) is 17.3. The highest BCUT2D eigenvalue weighted by atomic mass is 16.6. The number of para-hydroxylation sites is 1. The van der Waals surface area contributed by atoms with Crippen LogP contribution in [-0.4, -0.2) is 16.0 Å². The molecule has 7 heteroatoms. The zero-order valence-corrected chi connectivity index (χ0v) is 17.3. The highest BCUT2D eigenvalue weighted by molar-refractivity contribution is 5.72. The Labute approximate surface area is 189 Å². The molecule has 0 aliphatic rings. The molecule has 4 aromatic rings. The summed E-state index contributed by atoms with van der Waals surface area (Å²) >= 11 is 0. The lowest BCUT2D eigenvalue weighted by atomic mass is 10.0. The summed E-state index contributed by atoms with van der Waals surface area (Å²) < 4.78 is 11.9. The molecule has 0 heterocycles. The van der Waals surface area contributed by atoms with Crippen LogP contribution in [0.15, 0.2) is 91.0 Å². The highest BCUT2D eigenvalue weighted by Gasteiger charge is 2.11. The van der Waals surface area contributed by atoms with Crippen LogP contribution in [0.5, 0.6) is 23.0 Å². The number of nitrogens with zero attached hydrogens (tertiary/aromatic N) is 1. The maximum Gasteiger partial charge on any atom is 0.307 e. The minimum atomic E-state index is -0.917. The second-order valence-corrected chi connectivity index (χ2v) is 7.12. The minimum absolute atomic E-state index is 0.0536. The molecule has 0 amide bonds. The number of rotatable bonds is 8. The molecule has 4 rings (SSSR count). The van der Waals surface area contributed by atoms with E-state index in [2.05, 4.69) is 6.07 Å². The van der Waals surface area contributed by atoms with E-state index in [1.807, 2.05) is 24.3 Å². The number of nitro benzene ring substituents is 1. The molecule has 0 saturated heterocycles. The normalized spacial score (nSPS) is 10.4. The first-order valence-electron chi connectivity index (χ1n) is 10.00. The van der Waals surface area contributed by atoms with E-state index in [4.69, 9.17) is 14.6 Å². The zero-order chi connectivity index (χ0) is 23.2. The lowest BCUT2D eigenvalue weighted by molar-refractivity contribution is -0.384. The summed E-state index contributed by atoms with van der Waals surface area (Å²) in [5.74, 6) is 0.914.